The van der Waals surface area contributed by atoms with Crippen molar-refractivity contribution < 1.29 is 5.11 Å². The third-order valence-corrected chi connectivity index (χ3v) is 3.54. The molecule has 1 aliphatic rings. The Bertz CT molecular complexity index is 322. The predicted octanol–water partition coefficient (Wildman–Crippen LogP) is 1.57. The quantitative estimate of drug-likeness (QED) is 0.808. The van der Waals surface area contributed by atoms with Crippen LogP contribution in [-0.4, -0.2) is 29.1 Å². The van der Waals surface area contributed by atoms with Gasteiger partial charge in [0.25, 0.3) is 0 Å². The fourth-order valence-corrected chi connectivity index (χ4v) is 3.07. The van der Waals surface area contributed by atoms with Crippen LogP contribution in [0, 0.1) is 0 Å². The molecular formula is C10H16N2OS. The standard InChI is InChI=1S/C10H16N2OS/c1-12(2)6-9-11-10-7(13)4-3-5-8(10)14-9/h7,13H,3-6H2,1-2H3. The smallest absolute Gasteiger partial charge is 0.107 e. The maximum atomic E-state index is 9.74. The SMILES string of the molecule is CN(C)Cc1nc2c(s1)CCCC2O. The van der Waals surface area contributed by atoms with Crippen LogP contribution in [0.1, 0.15) is 34.5 Å². The van der Waals surface area contributed by atoms with Crippen molar-refractivity contribution in [3.8, 4) is 0 Å². The molecule has 1 unspecified atom stereocenters. The number of hydrogen-bond donors (Lipinski definition) is 1. The van der Waals surface area contributed by atoms with Crippen molar-refractivity contribution in [2.75, 3.05) is 14.1 Å². The molecule has 0 bridgehead atoms. The molecule has 0 aliphatic heterocycles. The summed E-state index contributed by atoms with van der Waals surface area (Å²) < 4.78 is 0. The molecule has 3 nitrogen and oxygen atoms in total. The number of aliphatic hydroxyl groups excluding tert-OH is 1. The van der Waals surface area contributed by atoms with Gasteiger partial charge < -0.3 is 10.0 Å². The minimum atomic E-state index is -0.314. The number of aliphatic hydroxyl groups is 1. The largest absolute Gasteiger partial charge is 0.387 e. The van der Waals surface area contributed by atoms with Crippen molar-refractivity contribution in [2.45, 2.75) is 31.9 Å². The van der Waals surface area contributed by atoms with Gasteiger partial charge in [-0.25, -0.2) is 4.98 Å². The molecule has 1 N–H and O–H groups in total. The summed E-state index contributed by atoms with van der Waals surface area (Å²) in [5.41, 5.74) is 0.943. The first-order valence-electron chi connectivity index (χ1n) is 4.98. The molecule has 0 fully saturated rings. The summed E-state index contributed by atoms with van der Waals surface area (Å²) in [6.07, 6.45) is 2.75. The Kier molecular flexibility index (Phi) is 2.85. The van der Waals surface area contributed by atoms with E-state index >= 15 is 0 Å². The van der Waals surface area contributed by atoms with Gasteiger partial charge in [-0.3, -0.25) is 0 Å². The van der Waals surface area contributed by atoms with Crippen LogP contribution in [0.5, 0.6) is 0 Å². The second-order valence-electron chi connectivity index (χ2n) is 4.06. The summed E-state index contributed by atoms with van der Waals surface area (Å²) in [4.78, 5) is 7.90. The molecule has 0 saturated heterocycles. The molecule has 1 aliphatic carbocycles. The van der Waals surface area contributed by atoms with Gasteiger partial charge in [0.15, 0.2) is 0 Å². The minimum absolute atomic E-state index is 0.314. The Morgan fingerprint density at radius 3 is 3.00 bits per heavy atom. The van der Waals surface area contributed by atoms with Crippen molar-refractivity contribution in [3.05, 3.63) is 15.6 Å². The molecule has 1 atom stereocenters. The van der Waals surface area contributed by atoms with Gasteiger partial charge in [0.1, 0.15) is 5.01 Å². The lowest BCUT2D eigenvalue weighted by molar-refractivity contribution is 0.152. The van der Waals surface area contributed by atoms with Crippen LogP contribution < -0.4 is 0 Å². The third kappa shape index (κ3) is 1.97. The number of rotatable bonds is 2. The summed E-state index contributed by atoms with van der Waals surface area (Å²) in [7, 11) is 4.08. The Labute approximate surface area is 88.4 Å². The highest BCUT2D eigenvalue weighted by Gasteiger charge is 2.22. The summed E-state index contributed by atoms with van der Waals surface area (Å²) in [6.45, 7) is 0.879. The zero-order valence-electron chi connectivity index (χ0n) is 8.66. The van der Waals surface area contributed by atoms with Crippen LogP contribution in [0.2, 0.25) is 0 Å². The number of aryl methyl sites for hydroxylation is 1. The average Bonchev–Trinajstić information content (AvgIpc) is 2.47. The lowest BCUT2D eigenvalue weighted by Crippen LogP contribution is -2.11. The number of nitrogens with zero attached hydrogens (tertiary/aromatic N) is 2. The van der Waals surface area contributed by atoms with E-state index in [1.807, 2.05) is 14.1 Å². The highest BCUT2D eigenvalue weighted by Crippen LogP contribution is 2.33. The van der Waals surface area contributed by atoms with Gasteiger partial charge in [-0.2, -0.15) is 0 Å². The first kappa shape index (κ1) is 10.1. The summed E-state index contributed by atoms with van der Waals surface area (Å²) in [5.74, 6) is 0. The molecule has 2 rings (SSSR count). The van der Waals surface area contributed by atoms with Gasteiger partial charge in [-0.05, 0) is 33.4 Å². The highest BCUT2D eigenvalue weighted by atomic mass is 32.1. The van der Waals surface area contributed by atoms with Crippen molar-refractivity contribution in [3.63, 3.8) is 0 Å². The van der Waals surface area contributed by atoms with Crippen LogP contribution in [-0.2, 0) is 13.0 Å². The van der Waals surface area contributed by atoms with E-state index in [2.05, 4.69) is 9.88 Å². The normalized spacial score (nSPS) is 21.3. The second kappa shape index (κ2) is 3.96. The molecule has 4 heteroatoms. The van der Waals surface area contributed by atoms with E-state index < -0.39 is 0 Å². The topological polar surface area (TPSA) is 36.4 Å². The summed E-state index contributed by atoms with van der Waals surface area (Å²) >= 11 is 1.75. The number of fused-ring (bicyclic) bond motifs is 1. The number of aromatic nitrogens is 1. The average molecular weight is 212 g/mol. The number of thiazole rings is 1. The first-order valence-corrected chi connectivity index (χ1v) is 5.79. The van der Waals surface area contributed by atoms with E-state index in [9.17, 15) is 5.11 Å². The molecule has 1 aromatic heterocycles. The van der Waals surface area contributed by atoms with Gasteiger partial charge in [0.2, 0.25) is 0 Å². The molecular weight excluding hydrogens is 196 g/mol. The maximum Gasteiger partial charge on any atom is 0.107 e. The van der Waals surface area contributed by atoms with Gasteiger partial charge in [0, 0.05) is 11.4 Å². The Morgan fingerprint density at radius 1 is 1.57 bits per heavy atom. The third-order valence-electron chi connectivity index (χ3n) is 2.42. The van der Waals surface area contributed by atoms with E-state index in [1.165, 1.54) is 4.88 Å². The molecule has 0 amide bonds. The molecule has 1 aromatic rings. The van der Waals surface area contributed by atoms with Crippen LogP contribution in [0.4, 0.5) is 0 Å². The van der Waals surface area contributed by atoms with Crippen molar-refractivity contribution >= 4 is 11.3 Å². The molecule has 78 valence electrons. The Morgan fingerprint density at radius 2 is 2.36 bits per heavy atom. The molecule has 0 radical (unpaired) electrons. The first-order chi connectivity index (χ1) is 6.66. The van der Waals surface area contributed by atoms with Crippen LogP contribution in [0.3, 0.4) is 0 Å². The van der Waals surface area contributed by atoms with E-state index in [1.54, 1.807) is 11.3 Å². The highest BCUT2D eigenvalue weighted by molar-refractivity contribution is 7.11. The van der Waals surface area contributed by atoms with Gasteiger partial charge >= 0.3 is 0 Å². The van der Waals surface area contributed by atoms with Crippen LogP contribution >= 0.6 is 11.3 Å². The molecule has 14 heavy (non-hydrogen) atoms. The lowest BCUT2D eigenvalue weighted by Gasteiger charge is -2.14. The molecule has 0 aromatic carbocycles. The second-order valence-corrected chi connectivity index (χ2v) is 5.23. The lowest BCUT2D eigenvalue weighted by atomic mass is 10.0. The van der Waals surface area contributed by atoms with Gasteiger partial charge in [-0.1, -0.05) is 0 Å². The van der Waals surface area contributed by atoms with Gasteiger partial charge in [-0.15, -0.1) is 11.3 Å². The maximum absolute atomic E-state index is 9.74. The van der Waals surface area contributed by atoms with Crippen molar-refractivity contribution in [1.29, 1.82) is 0 Å². The molecule has 1 heterocycles. The van der Waals surface area contributed by atoms with Crippen LogP contribution in [0.15, 0.2) is 0 Å². The molecule has 0 saturated carbocycles. The van der Waals surface area contributed by atoms with E-state index in [-0.39, 0.29) is 6.10 Å². The van der Waals surface area contributed by atoms with Crippen LogP contribution in [0.25, 0.3) is 0 Å². The summed E-state index contributed by atoms with van der Waals surface area (Å²) in [5, 5.41) is 10.9. The van der Waals surface area contributed by atoms with E-state index in [0.717, 1.165) is 36.5 Å². The Hall–Kier alpha value is -0.450. The monoisotopic (exact) mass is 212 g/mol. The molecule has 0 spiro atoms. The fraction of sp³-hybridized carbons (Fsp3) is 0.700. The zero-order chi connectivity index (χ0) is 10.1. The predicted molar refractivity (Wildman–Crippen MR) is 57.4 cm³/mol. The fourth-order valence-electron chi connectivity index (χ4n) is 1.78. The van der Waals surface area contributed by atoms with Crippen molar-refractivity contribution in [2.24, 2.45) is 0 Å². The van der Waals surface area contributed by atoms with E-state index in [0.29, 0.717) is 0 Å². The van der Waals surface area contributed by atoms with Crippen molar-refractivity contribution in [1.82, 2.24) is 9.88 Å². The Balaban J connectivity index is 2.21. The minimum Gasteiger partial charge on any atom is -0.387 e. The van der Waals surface area contributed by atoms with Gasteiger partial charge in [0.05, 0.1) is 11.8 Å². The summed E-state index contributed by atoms with van der Waals surface area (Å²) in [6, 6.07) is 0. The van der Waals surface area contributed by atoms with E-state index in [4.69, 9.17) is 0 Å². The zero-order valence-corrected chi connectivity index (χ0v) is 9.47. The number of hydrogen-bond acceptors (Lipinski definition) is 4.